The molecule has 0 radical (unpaired) electrons. The number of anilines is 2. The Labute approximate surface area is 221 Å². The molecule has 0 aliphatic heterocycles. The zero-order valence-electron chi connectivity index (χ0n) is 21.1. The van der Waals surface area contributed by atoms with Gasteiger partial charge in [0.1, 0.15) is 11.4 Å². The van der Waals surface area contributed by atoms with Crippen molar-refractivity contribution < 1.29 is 28.8 Å². The molecule has 6 N–H and O–H groups in total. The van der Waals surface area contributed by atoms with Crippen molar-refractivity contribution in [2.45, 2.75) is 12.8 Å². The molecule has 0 amide bonds. The van der Waals surface area contributed by atoms with Crippen molar-refractivity contribution in [1.29, 1.82) is 0 Å². The minimum Gasteiger partial charge on any atom is -0.393 e. The predicted octanol–water partition coefficient (Wildman–Crippen LogP) is 3.21. The lowest BCUT2D eigenvalue weighted by Crippen LogP contribution is -2.11. The van der Waals surface area contributed by atoms with Crippen molar-refractivity contribution in [3.05, 3.63) is 67.2 Å². The average molecular weight is 546 g/mol. The lowest BCUT2D eigenvalue weighted by Gasteiger charge is -2.05. The van der Waals surface area contributed by atoms with Gasteiger partial charge in [0, 0.05) is 44.5 Å². The summed E-state index contributed by atoms with van der Waals surface area (Å²) in [7, 11) is 3.27. The van der Waals surface area contributed by atoms with Crippen molar-refractivity contribution in [2.24, 2.45) is 5.73 Å². The second-order valence-electron chi connectivity index (χ2n) is 7.21. The minimum atomic E-state index is -0.550. The fraction of sp³-hybridized carbons (Fsp3) is 0.478. The van der Waals surface area contributed by atoms with Crippen molar-refractivity contribution in [2.75, 3.05) is 71.9 Å². The summed E-state index contributed by atoms with van der Waals surface area (Å²) in [5, 5.41) is 21.2. The van der Waals surface area contributed by atoms with Crippen LogP contribution < -0.4 is 17.2 Å². The third-order valence-corrected chi connectivity index (χ3v) is 4.59. The number of hydrogen-bond acceptors (Lipinski definition) is 11. The summed E-state index contributed by atoms with van der Waals surface area (Å²) in [5.74, 6) is 0. The van der Waals surface area contributed by atoms with Crippen molar-refractivity contribution in [3.63, 3.8) is 0 Å². The predicted molar refractivity (Wildman–Crippen MR) is 143 cm³/mol. The summed E-state index contributed by atoms with van der Waals surface area (Å²) in [6.07, 6.45) is 1.64. The van der Waals surface area contributed by atoms with Gasteiger partial charge in [0.25, 0.3) is 11.4 Å². The number of rotatable bonds is 14. The normalized spacial score (nSPS) is 10.1. The molecule has 0 spiro atoms. The van der Waals surface area contributed by atoms with E-state index in [0.717, 1.165) is 18.4 Å². The number of ether oxygens (including phenoxy) is 4. The zero-order valence-corrected chi connectivity index (χ0v) is 21.9. The maximum atomic E-state index is 10.6. The van der Waals surface area contributed by atoms with Crippen molar-refractivity contribution >= 4 is 34.4 Å². The summed E-state index contributed by atoms with van der Waals surface area (Å²) >= 11 is 5.52. The van der Waals surface area contributed by atoms with Crippen LogP contribution in [-0.2, 0) is 25.4 Å². The smallest absolute Gasteiger partial charge is 0.292 e. The molecule has 0 saturated carbocycles. The van der Waals surface area contributed by atoms with E-state index in [4.69, 9.17) is 47.7 Å². The number of halogens is 1. The molecule has 0 heterocycles. The first-order valence-electron chi connectivity index (χ1n) is 11.2. The number of aryl methyl sites for hydroxylation is 1. The Kier molecular flexibility index (Phi) is 19.3. The Hall–Kier alpha value is -3.07. The fourth-order valence-corrected chi connectivity index (χ4v) is 2.75. The molecule has 0 atom stereocenters. The molecule has 37 heavy (non-hydrogen) atoms. The van der Waals surface area contributed by atoms with Gasteiger partial charge in [-0.2, -0.15) is 0 Å². The Morgan fingerprint density at radius 2 is 1.30 bits per heavy atom. The van der Waals surface area contributed by atoms with E-state index in [1.54, 1.807) is 26.4 Å². The number of nitrogen functional groups attached to an aromatic ring is 2. The maximum Gasteiger partial charge on any atom is 0.292 e. The highest BCUT2D eigenvalue weighted by molar-refractivity contribution is 6.30. The molecule has 0 fully saturated rings. The summed E-state index contributed by atoms with van der Waals surface area (Å²) in [6, 6.07) is 8.86. The minimum absolute atomic E-state index is 0.0462. The van der Waals surface area contributed by atoms with Crippen LogP contribution in [0.2, 0.25) is 5.02 Å². The number of nitro groups is 2. The van der Waals surface area contributed by atoms with E-state index >= 15 is 0 Å². The molecule has 0 bridgehead atoms. The number of hydrogen-bond donors (Lipinski definition) is 3. The number of nitro benzene ring substituents is 2. The van der Waals surface area contributed by atoms with E-state index in [-0.39, 0.29) is 22.7 Å². The van der Waals surface area contributed by atoms with Gasteiger partial charge in [-0.05, 0) is 36.6 Å². The molecule has 2 aromatic rings. The Balaban J connectivity index is 0.000000580. The van der Waals surface area contributed by atoms with Crippen molar-refractivity contribution in [3.8, 4) is 0 Å². The van der Waals surface area contributed by atoms with Crippen molar-refractivity contribution in [1.82, 2.24) is 0 Å². The van der Waals surface area contributed by atoms with E-state index in [1.165, 1.54) is 24.3 Å². The third kappa shape index (κ3) is 16.3. The molecule has 0 aromatic heterocycles. The average Bonchev–Trinajstić information content (AvgIpc) is 2.84. The van der Waals surface area contributed by atoms with Gasteiger partial charge in [0.2, 0.25) is 0 Å². The molecule has 0 aliphatic rings. The van der Waals surface area contributed by atoms with E-state index in [9.17, 15) is 20.2 Å². The Morgan fingerprint density at radius 1 is 0.784 bits per heavy atom. The molecule has 0 saturated heterocycles. The van der Waals surface area contributed by atoms with Gasteiger partial charge in [0.05, 0.1) is 42.9 Å². The largest absolute Gasteiger partial charge is 0.393 e. The monoisotopic (exact) mass is 545 g/mol. The van der Waals surface area contributed by atoms with Gasteiger partial charge in [-0.25, -0.2) is 0 Å². The second-order valence-corrected chi connectivity index (χ2v) is 7.65. The van der Waals surface area contributed by atoms with E-state index < -0.39 is 9.85 Å². The third-order valence-electron chi connectivity index (χ3n) is 4.35. The molecule has 0 unspecified atom stereocenters. The molecular weight excluding hydrogens is 510 g/mol. The Morgan fingerprint density at radius 3 is 1.76 bits per heavy atom. The van der Waals surface area contributed by atoms with E-state index in [0.29, 0.717) is 51.2 Å². The topological polar surface area (TPSA) is 201 Å². The number of nitrogens with zero attached hydrogens (tertiary/aromatic N) is 2. The van der Waals surface area contributed by atoms with Gasteiger partial charge in [0.15, 0.2) is 0 Å². The Bertz CT molecular complexity index is 930. The number of benzene rings is 2. The lowest BCUT2D eigenvalue weighted by atomic mass is 10.1. The highest BCUT2D eigenvalue weighted by atomic mass is 35.5. The van der Waals surface area contributed by atoms with Gasteiger partial charge in [-0.1, -0.05) is 17.7 Å². The zero-order chi connectivity index (χ0) is 28.1. The van der Waals surface area contributed by atoms with Crippen LogP contribution >= 0.6 is 11.6 Å². The van der Waals surface area contributed by atoms with E-state index in [1.807, 2.05) is 0 Å². The molecule has 2 aromatic carbocycles. The van der Waals surface area contributed by atoms with Crippen LogP contribution in [0.4, 0.5) is 22.7 Å². The molecule has 14 heteroatoms. The molecule has 0 aliphatic carbocycles. The van der Waals surface area contributed by atoms with Crippen LogP contribution in [-0.4, -0.2) is 70.3 Å². The summed E-state index contributed by atoms with van der Waals surface area (Å²) in [5.41, 5.74) is 17.2. The highest BCUT2D eigenvalue weighted by Crippen LogP contribution is 2.24. The molecule has 2 rings (SSSR count). The van der Waals surface area contributed by atoms with Gasteiger partial charge in [-0.3, -0.25) is 20.2 Å². The first kappa shape index (κ1) is 33.9. The summed E-state index contributed by atoms with van der Waals surface area (Å²) < 4.78 is 19.9. The SMILES string of the molecule is COCCOCCCc1ccc([N+](=O)[O-])c(N)c1.COCCOCCN.Nc1cc(Cl)ccc1[N+](=O)[O-]. The van der Waals surface area contributed by atoms with Crippen LogP contribution in [0.15, 0.2) is 36.4 Å². The van der Waals surface area contributed by atoms with Crippen LogP contribution in [0.3, 0.4) is 0 Å². The van der Waals surface area contributed by atoms with Crippen LogP contribution in [0.1, 0.15) is 12.0 Å². The quantitative estimate of drug-likeness (QED) is 0.136. The molecule has 13 nitrogen and oxygen atoms in total. The number of nitrogens with two attached hydrogens (primary N) is 3. The first-order chi connectivity index (χ1) is 17.7. The first-order valence-corrected chi connectivity index (χ1v) is 11.6. The number of methoxy groups -OCH3 is 2. The van der Waals surface area contributed by atoms with E-state index in [2.05, 4.69) is 0 Å². The highest BCUT2D eigenvalue weighted by Gasteiger charge is 2.11. The van der Waals surface area contributed by atoms with Crippen LogP contribution in [0.5, 0.6) is 0 Å². The van der Waals surface area contributed by atoms with Gasteiger partial charge in [-0.15, -0.1) is 0 Å². The lowest BCUT2D eigenvalue weighted by molar-refractivity contribution is -0.384. The van der Waals surface area contributed by atoms with Gasteiger partial charge < -0.3 is 36.1 Å². The van der Waals surface area contributed by atoms with Crippen LogP contribution in [0, 0.1) is 20.2 Å². The molecular formula is C23H36ClN5O8. The standard InChI is InChI=1S/C12H18N2O4.C6H5ClN2O2.C5H13NO2/c1-17-7-8-18-6-2-3-10-4-5-12(14(15)16)11(13)9-10;7-4-1-2-6(9(10)11)5(8)3-4;1-7-4-5-8-3-2-6/h4-5,9H,2-3,6-8,13H2,1H3;1-3H,8H2;2-6H2,1H3. The molecule has 208 valence electrons. The summed E-state index contributed by atoms with van der Waals surface area (Å²) in [6.45, 7) is 4.32. The maximum absolute atomic E-state index is 10.6. The fourth-order valence-electron chi connectivity index (χ4n) is 2.57. The second kappa shape index (κ2) is 21.1. The van der Waals surface area contributed by atoms with Crippen LogP contribution in [0.25, 0.3) is 0 Å². The summed E-state index contributed by atoms with van der Waals surface area (Å²) in [4.78, 5) is 19.8. The van der Waals surface area contributed by atoms with Gasteiger partial charge >= 0.3 is 0 Å².